The van der Waals surface area contributed by atoms with Crippen LogP contribution in [0.15, 0.2) is 18.2 Å². The van der Waals surface area contributed by atoms with Gasteiger partial charge in [0, 0.05) is 26.1 Å². The molecule has 0 aliphatic carbocycles. The quantitative estimate of drug-likeness (QED) is 0.737. The van der Waals surface area contributed by atoms with Gasteiger partial charge in [0.15, 0.2) is 0 Å². The van der Waals surface area contributed by atoms with Gasteiger partial charge in [0.2, 0.25) is 5.91 Å². The van der Waals surface area contributed by atoms with Crippen LogP contribution in [0.5, 0.6) is 5.75 Å². The molecule has 1 aliphatic rings. The standard InChI is InChI=1S/C12H17N3O2/c1-17-10-4-2-3-9(12(10)13)15-7-5-11(16)14-6-8-15/h2-4H,5-8,13H2,1H3,(H,14,16). The van der Waals surface area contributed by atoms with Gasteiger partial charge in [-0.05, 0) is 12.1 Å². The van der Waals surface area contributed by atoms with Gasteiger partial charge in [-0.1, -0.05) is 6.07 Å². The highest BCUT2D eigenvalue weighted by atomic mass is 16.5. The van der Waals surface area contributed by atoms with E-state index in [4.69, 9.17) is 10.5 Å². The number of anilines is 2. The summed E-state index contributed by atoms with van der Waals surface area (Å²) in [4.78, 5) is 13.4. The van der Waals surface area contributed by atoms with E-state index in [1.807, 2.05) is 18.2 Å². The summed E-state index contributed by atoms with van der Waals surface area (Å²) in [7, 11) is 1.60. The third-order valence-corrected chi connectivity index (χ3v) is 2.92. The van der Waals surface area contributed by atoms with Gasteiger partial charge in [-0.15, -0.1) is 0 Å². The maximum atomic E-state index is 11.3. The second-order valence-corrected chi connectivity index (χ2v) is 3.98. The summed E-state index contributed by atoms with van der Waals surface area (Å²) < 4.78 is 5.19. The van der Waals surface area contributed by atoms with Crippen LogP contribution in [-0.4, -0.2) is 32.7 Å². The van der Waals surface area contributed by atoms with Crippen molar-refractivity contribution in [1.29, 1.82) is 0 Å². The predicted octanol–water partition coefficient (Wildman–Crippen LogP) is 0.604. The second-order valence-electron chi connectivity index (χ2n) is 3.98. The van der Waals surface area contributed by atoms with Crippen LogP contribution in [0.1, 0.15) is 6.42 Å². The van der Waals surface area contributed by atoms with Crippen LogP contribution >= 0.6 is 0 Å². The SMILES string of the molecule is COc1cccc(N2CCNC(=O)CC2)c1N. The number of ether oxygens (including phenoxy) is 1. The van der Waals surface area contributed by atoms with E-state index in [2.05, 4.69) is 10.2 Å². The smallest absolute Gasteiger partial charge is 0.221 e. The average Bonchev–Trinajstić information content (AvgIpc) is 2.54. The van der Waals surface area contributed by atoms with Gasteiger partial charge in [0.05, 0.1) is 18.5 Å². The van der Waals surface area contributed by atoms with Crippen molar-refractivity contribution in [3.63, 3.8) is 0 Å². The van der Waals surface area contributed by atoms with Crippen molar-refractivity contribution in [2.45, 2.75) is 6.42 Å². The Morgan fingerprint density at radius 1 is 1.41 bits per heavy atom. The van der Waals surface area contributed by atoms with Gasteiger partial charge in [0.1, 0.15) is 5.75 Å². The van der Waals surface area contributed by atoms with Crippen molar-refractivity contribution >= 4 is 17.3 Å². The molecule has 2 rings (SSSR count). The second kappa shape index (κ2) is 4.95. The van der Waals surface area contributed by atoms with Crippen molar-refractivity contribution in [2.24, 2.45) is 0 Å². The molecule has 1 saturated heterocycles. The molecule has 5 nitrogen and oxygen atoms in total. The first-order valence-electron chi connectivity index (χ1n) is 5.66. The zero-order valence-electron chi connectivity index (χ0n) is 9.90. The first kappa shape index (κ1) is 11.6. The first-order chi connectivity index (χ1) is 8.22. The molecule has 92 valence electrons. The van der Waals surface area contributed by atoms with Crippen molar-refractivity contribution in [3.8, 4) is 5.75 Å². The summed E-state index contributed by atoms with van der Waals surface area (Å²) >= 11 is 0. The Hall–Kier alpha value is -1.91. The number of rotatable bonds is 2. The fourth-order valence-corrected chi connectivity index (χ4v) is 1.99. The van der Waals surface area contributed by atoms with Crippen LogP contribution in [-0.2, 0) is 4.79 Å². The molecule has 1 aliphatic heterocycles. The molecule has 3 N–H and O–H groups in total. The molecule has 1 aromatic carbocycles. The Kier molecular flexibility index (Phi) is 3.37. The summed E-state index contributed by atoms with van der Waals surface area (Å²) in [5.41, 5.74) is 7.60. The number of para-hydroxylation sites is 1. The lowest BCUT2D eigenvalue weighted by molar-refractivity contribution is -0.120. The molecule has 1 fully saturated rings. The van der Waals surface area contributed by atoms with Gasteiger partial charge in [0.25, 0.3) is 0 Å². The molecule has 0 bridgehead atoms. The number of nitrogens with zero attached hydrogens (tertiary/aromatic N) is 1. The Morgan fingerprint density at radius 3 is 3.00 bits per heavy atom. The van der Waals surface area contributed by atoms with E-state index in [0.717, 1.165) is 12.2 Å². The van der Waals surface area contributed by atoms with E-state index in [1.165, 1.54) is 0 Å². The van der Waals surface area contributed by atoms with Crippen molar-refractivity contribution in [3.05, 3.63) is 18.2 Å². The normalized spacial score (nSPS) is 16.3. The highest BCUT2D eigenvalue weighted by Gasteiger charge is 2.17. The molecule has 0 radical (unpaired) electrons. The van der Waals surface area contributed by atoms with Crippen LogP contribution in [0.3, 0.4) is 0 Å². The number of nitrogen functional groups attached to an aromatic ring is 1. The molecule has 0 spiro atoms. The lowest BCUT2D eigenvalue weighted by atomic mass is 10.2. The molecule has 0 saturated carbocycles. The number of amides is 1. The zero-order valence-corrected chi connectivity index (χ0v) is 9.90. The van der Waals surface area contributed by atoms with E-state index >= 15 is 0 Å². The van der Waals surface area contributed by atoms with E-state index in [1.54, 1.807) is 7.11 Å². The molecular weight excluding hydrogens is 218 g/mol. The van der Waals surface area contributed by atoms with E-state index in [9.17, 15) is 4.79 Å². The lowest BCUT2D eigenvalue weighted by Gasteiger charge is -2.24. The maximum Gasteiger partial charge on any atom is 0.221 e. The summed E-state index contributed by atoms with van der Waals surface area (Å²) in [5, 5.41) is 2.84. The van der Waals surface area contributed by atoms with Gasteiger partial charge < -0.3 is 20.7 Å². The van der Waals surface area contributed by atoms with Gasteiger partial charge in [-0.2, -0.15) is 0 Å². The minimum Gasteiger partial charge on any atom is -0.495 e. The predicted molar refractivity (Wildman–Crippen MR) is 67.2 cm³/mol. The molecule has 0 aromatic heterocycles. The Balaban J connectivity index is 2.24. The van der Waals surface area contributed by atoms with Gasteiger partial charge in [-0.3, -0.25) is 4.79 Å². The fourth-order valence-electron chi connectivity index (χ4n) is 1.99. The summed E-state index contributed by atoms with van der Waals surface area (Å²) in [6.45, 7) is 2.10. The van der Waals surface area contributed by atoms with Gasteiger partial charge in [-0.25, -0.2) is 0 Å². The Morgan fingerprint density at radius 2 is 2.24 bits per heavy atom. The minimum atomic E-state index is 0.0916. The molecule has 1 amide bonds. The number of carbonyl (C=O) groups excluding carboxylic acids is 1. The molecule has 1 aromatic rings. The van der Waals surface area contributed by atoms with E-state index in [-0.39, 0.29) is 5.91 Å². The van der Waals surface area contributed by atoms with Gasteiger partial charge >= 0.3 is 0 Å². The largest absolute Gasteiger partial charge is 0.495 e. The number of nitrogens with one attached hydrogen (secondary N) is 1. The molecule has 5 heteroatoms. The van der Waals surface area contributed by atoms with Crippen LogP contribution < -0.4 is 20.7 Å². The molecular formula is C12H17N3O2. The first-order valence-corrected chi connectivity index (χ1v) is 5.66. The summed E-state index contributed by atoms with van der Waals surface area (Å²) in [6.07, 6.45) is 0.497. The molecule has 0 atom stereocenters. The third kappa shape index (κ3) is 2.43. The maximum absolute atomic E-state index is 11.3. The Bertz CT molecular complexity index is 420. The lowest BCUT2D eigenvalue weighted by Crippen LogP contribution is -2.28. The van der Waals surface area contributed by atoms with Crippen LogP contribution in [0.2, 0.25) is 0 Å². The molecule has 1 heterocycles. The van der Waals surface area contributed by atoms with Crippen LogP contribution in [0.4, 0.5) is 11.4 Å². The Labute approximate surface area is 101 Å². The number of hydrogen-bond donors (Lipinski definition) is 2. The number of carbonyl (C=O) groups is 1. The highest BCUT2D eigenvalue weighted by Crippen LogP contribution is 2.32. The van der Waals surface area contributed by atoms with E-state index in [0.29, 0.717) is 30.9 Å². The minimum absolute atomic E-state index is 0.0916. The average molecular weight is 235 g/mol. The van der Waals surface area contributed by atoms with Crippen molar-refractivity contribution < 1.29 is 9.53 Å². The number of methoxy groups -OCH3 is 1. The topological polar surface area (TPSA) is 67.6 Å². The number of nitrogens with two attached hydrogens (primary N) is 1. The summed E-state index contributed by atoms with van der Waals surface area (Å²) in [5.74, 6) is 0.764. The molecule has 0 unspecified atom stereocenters. The van der Waals surface area contributed by atoms with Crippen LogP contribution in [0, 0.1) is 0 Å². The zero-order chi connectivity index (χ0) is 12.3. The highest BCUT2D eigenvalue weighted by molar-refractivity contribution is 5.79. The summed E-state index contributed by atoms with van der Waals surface area (Å²) in [6, 6.07) is 5.69. The molecule has 17 heavy (non-hydrogen) atoms. The monoisotopic (exact) mass is 235 g/mol. The fraction of sp³-hybridized carbons (Fsp3) is 0.417. The third-order valence-electron chi connectivity index (χ3n) is 2.92. The van der Waals surface area contributed by atoms with Crippen LogP contribution in [0.25, 0.3) is 0 Å². The number of hydrogen-bond acceptors (Lipinski definition) is 4. The van der Waals surface area contributed by atoms with Crippen molar-refractivity contribution in [2.75, 3.05) is 37.4 Å². The van der Waals surface area contributed by atoms with E-state index < -0.39 is 0 Å². The van der Waals surface area contributed by atoms with Crippen molar-refractivity contribution in [1.82, 2.24) is 5.32 Å². The number of benzene rings is 1.